The van der Waals surface area contributed by atoms with Crippen LogP contribution < -0.4 is 5.32 Å². The van der Waals surface area contributed by atoms with Crippen molar-refractivity contribution in [2.75, 3.05) is 39.3 Å². The zero-order chi connectivity index (χ0) is 12.4. The first-order valence-electron chi connectivity index (χ1n) is 6.95. The maximum Gasteiger partial charge on any atom is 0.253 e. The SMILES string of the molecule is O=C(C1=CCCC=C1)N1CCN(C2CNC2)CC1. The smallest absolute Gasteiger partial charge is 0.253 e. The summed E-state index contributed by atoms with van der Waals surface area (Å²) in [7, 11) is 0. The van der Waals surface area contributed by atoms with E-state index in [4.69, 9.17) is 0 Å². The van der Waals surface area contributed by atoms with Crippen LogP contribution in [0.1, 0.15) is 12.8 Å². The molecule has 3 rings (SSSR count). The van der Waals surface area contributed by atoms with Gasteiger partial charge in [-0.25, -0.2) is 0 Å². The van der Waals surface area contributed by atoms with Crippen LogP contribution in [0.15, 0.2) is 23.8 Å². The Morgan fingerprint density at radius 1 is 1.17 bits per heavy atom. The molecule has 3 aliphatic rings. The molecule has 18 heavy (non-hydrogen) atoms. The zero-order valence-corrected chi connectivity index (χ0v) is 10.8. The van der Waals surface area contributed by atoms with Crippen LogP contribution in [0, 0.1) is 0 Å². The average molecular weight is 247 g/mol. The van der Waals surface area contributed by atoms with Gasteiger partial charge in [0.2, 0.25) is 0 Å². The van der Waals surface area contributed by atoms with Gasteiger partial charge in [-0.15, -0.1) is 0 Å². The van der Waals surface area contributed by atoms with Crippen LogP contribution >= 0.6 is 0 Å². The molecule has 0 radical (unpaired) electrons. The Balaban J connectivity index is 1.54. The highest BCUT2D eigenvalue weighted by molar-refractivity contribution is 5.96. The number of amides is 1. The standard InChI is InChI=1S/C14H21N3O/c18-14(12-4-2-1-3-5-12)17-8-6-16(7-9-17)13-10-15-11-13/h2,4-5,13,15H,1,3,6-11H2. The fourth-order valence-electron chi connectivity index (χ4n) is 2.78. The van der Waals surface area contributed by atoms with Crippen LogP contribution in [0.25, 0.3) is 0 Å². The lowest BCUT2D eigenvalue weighted by Crippen LogP contribution is -2.62. The summed E-state index contributed by atoms with van der Waals surface area (Å²) in [4.78, 5) is 16.8. The number of rotatable bonds is 2. The van der Waals surface area contributed by atoms with Gasteiger partial charge in [-0.3, -0.25) is 9.69 Å². The minimum atomic E-state index is 0.220. The van der Waals surface area contributed by atoms with Crippen molar-refractivity contribution in [2.24, 2.45) is 0 Å². The van der Waals surface area contributed by atoms with E-state index in [1.54, 1.807) is 0 Å². The van der Waals surface area contributed by atoms with Gasteiger partial charge in [0.25, 0.3) is 5.91 Å². The van der Waals surface area contributed by atoms with Crippen molar-refractivity contribution in [2.45, 2.75) is 18.9 Å². The summed E-state index contributed by atoms with van der Waals surface area (Å²) in [5.41, 5.74) is 0.889. The van der Waals surface area contributed by atoms with Gasteiger partial charge in [-0.05, 0) is 12.8 Å². The Morgan fingerprint density at radius 3 is 2.50 bits per heavy atom. The molecule has 0 bridgehead atoms. The Labute approximate surface area is 108 Å². The van der Waals surface area contributed by atoms with Crippen LogP contribution in [0.5, 0.6) is 0 Å². The molecule has 0 aromatic rings. The van der Waals surface area contributed by atoms with Gasteiger partial charge in [0.15, 0.2) is 0 Å². The van der Waals surface area contributed by atoms with Crippen molar-refractivity contribution in [3.8, 4) is 0 Å². The molecule has 0 spiro atoms. The molecule has 2 saturated heterocycles. The molecule has 2 fully saturated rings. The van der Waals surface area contributed by atoms with E-state index in [-0.39, 0.29) is 5.91 Å². The second-order valence-electron chi connectivity index (χ2n) is 5.28. The summed E-state index contributed by atoms with van der Waals surface area (Å²) in [5.74, 6) is 0.220. The molecule has 2 heterocycles. The van der Waals surface area contributed by atoms with E-state index in [0.29, 0.717) is 6.04 Å². The number of piperazine rings is 1. The van der Waals surface area contributed by atoms with Gasteiger partial charge in [0.05, 0.1) is 0 Å². The van der Waals surface area contributed by atoms with E-state index in [2.05, 4.69) is 22.4 Å². The second-order valence-corrected chi connectivity index (χ2v) is 5.28. The lowest BCUT2D eigenvalue weighted by atomic mass is 10.1. The van der Waals surface area contributed by atoms with Crippen LogP contribution in [0.4, 0.5) is 0 Å². The summed E-state index contributed by atoms with van der Waals surface area (Å²) < 4.78 is 0. The van der Waals surface area contributed by atoms with Gasteiger partial charge in [0, 0.05) is 50.9 Å². The number of nitrogens with one attached hydrogen (secondary N) is 1. The van der Waals surface area contributed by atoms with Gasteiger partial charge in [-0.2, -0.15) is 0 Å². The zero-order valence-electron chi connectivity index (χ0n) is 10.8. The van der Waals surface area contributed by atoms with Crippen LogP contribution in [0.3, 0.4) is 0 Å². The molecule has 0 atom stereocenters. The van der Waals surface area contributed by atoms with Gasteiger partial charge in [-0.1, -0.05) is 18.2 Å². The topological polar surface area (TPSA) is 35.6 Å². The highest BCUT2D eigenvalue weighted by atomic mass is 16.2. The number of allylic oxidation sites excluding steroid dienone is 2. The molecule has 0 aromatic carbocycles. The number of hydrogen-bond acceptors (Lipinski definition) is 3. The minimum absolute atomic E-state index is 0.220. The van der Waals surface area contributed by atoms with E-state index >= 15 is 0 Å². The lowest BCUT2D eigenvalue weighted by molar-refractivity contribution is -0.129. The summed E-state index contributed by atoms with van der Waals surface area (Å²) >= 11 is 0. The molecule has 4 nitrogen and oxygen atoms in total. The van der Waals surface area contributed by atoms with Crippen LogP contribution in [-0.2, 0) is 4.79 Å². The molecule has 2 aliphatic heterocycles. The maximum atomic E-state index is 12.3. The number of carbonyl (C=O) groups is 1. The number of hydrogen-bond donors (Lipinski definition) is 1. The van der Waals surface area contributed by atoms with Crippen LogP contribution in [0.2, 0.25) is 0 Å². The highest BCUT2D eigenvalue weighted by Gasteiger charge is 2.29. The van der Waals surface area contributed by atoms with Crippen LogP contribution in [-0.4, -0.2) is 61.0 Å². The molecule has 1 aliphatic carbocycles. The second kappa shape index (κ2) is 5.24. The summed E-state index contributed by atoms with van der Waals surface area (Å²) in [5, 5.41) is 3.30. The number of nitrogens with zero attached hydrogens (tertiary/aromatic N) is 2. The van der Waals surface area contributed by atoms with Crippen molar-refractivity contribution in [1.82, 2.24) is 15.1 Å². The first-order chi connectivity index (χ1) is 8.84. The monoisotopic (exact) mass is 247 g/mol. The first-order valence-corrected chi connectivity index (χ1v) is 6.95. The predicted molar refractivity (Wildman–Crippen MR) is 71.3 cm³/mol. The Bertz CT molecular complexity index is 377. The van der Waals surface area contributed by atoms with Crippen molar-refractivity contribution in [1.29, 1.82) is 0 Å². The largest absolute Gasteiger partial charge is 0.336 e. The average Bonchev–Trinajstić information content (AvgIpc) is 2.38. The fraction of sp³-hybridized carbons (Fsp3) is 0.643. The fourth-order valence-corrected chi connectivity index (χ4v) is 2.78. The van der Waals surface area contributed by atoms with E-state index in [1.165, 1.54) is 0 Å². The van der Waals surface area contributed by atoms with E-state index in [1.807, 2.05) is 11.0 Å². The summed E-state index contributed by atoms with van der Waals surface area (Å²) in [6.45, 7) is 6.02. The molecule has 1 amide bonds. The predicted octanol–water partition coefficient (Wildman–Crippen LogP) is 0.379. The number of carbonyl (C=O) groups excluding carboxylic acids is 1. The van der Waals surface area contributed by atoms with Crippen molar-refractivity contribution >= 4 is 5.91 Å². The van der Waals surface area contributed by atoms with E-state index in [9.17, 15) is 4.79 Å². The molecule has 0 unspecified atom stereocenters. The van der Waals surface area contributed by atoms with Crippen molar-refractivity contribution in [3.63, 3.8) is 0 Å². The Hall–Kier alpha value is -1.13. The Kier molecular flexibility index (Phi) is 3.48. The molecular weight excluding hydrogens is 226 g/mol. The van der Waals surface area contributed by atoms with E-state index < -0.39 is 0 Å². The van der Waals surface area contributed by atoms with E-state index in [0.717, 1.165) is 57.7 Å². The minimum Gasteiger partial charge on any atom is -0.336 e. The highest BCUT2D eigenvalue weighted by Crippen LogP contribution is 2.15. The molecular formula is C14H21N3O. The maximum absolute atomic E-state index is 12.3. The summed E-state index contributed by atoms with van der Waals surface area (Å²) in [6, 6.07) is 0.705. The molecule has 0 aromatic heterocycles. The molecule has 0 saturated carbocycles. The quantitative estimate of drug-likeness (QED) is 0.766. The third-order valence-corrected chi connectivity index (χ3v) is 4.12. The van der Waals surface area contributed by atoms with Gasteiger partial charge in [0.1, 0.15) is 0 Å². The Morgan fingerprint density at radius 2 is 1.94 bits per heavy atom. The molecule has 4 heteroatoms. The third kappa shape index (κ3) is 2.35. The van der Waals surface area contributed by atoms with Gasteiger partial charge >= 0.3 is 0 Å². The lowest BCUT2D eigenvalue weighted by Gasteiger charge is -2.43. The third-order valence-electron chi connectivity index (χ3n) is 4.12. The molecule has 98 valence electrons. The normalized spacial score (nSPS) is 25.8. The first kappa shape index (κ1) is 11.9. The van der Waals surface area contributed by atoms with Crippen molar-refractivity contribution in [3.05, 3.63) is 23.8 Å². The summed E-state index contributed by atoms with van der Waals surface area (Å²) in [6.07, 6.45) is 8.23. The van der Waals surface area contributed by atoms with Crippen molar-refractivity contribution < 1.29 is 4.79 Å². The van der Waals surface area contributed by atoms with Gasteiger partial charge < -0.3 is 10.2 Å². The molecule has 1 N–H and O–H groups in total.